The van der Waals surface area contributed by atoms with Gasteiger partial charge in [-0.1, -0.05) is 115 Å². The fourth-order valence-corrected chi connectivity index (χ4v) is 5.44. The van der Waals surface area contributed by atoms with E-state index >= 15 is 0 Å². The minimum absolute atomic E-state index is 1.17. The number of aromatic nitrogens is 1. The molecule has 0 N–H and O–H groups in total. The van der Waals surface area contributed by atoms with Crippen molar-refractivity contribution in [3.63, 3.8) is 0 Å². The zero-order chi connectivity index (χ0) is 24.6. The maximum absolute atomic E-state index is 2.43. The number of nitrogens with zero attached hydrogens (tertiary/aromatic N) is 1. The van der Waals surface area contributed by atoms with Crippen molar-refractivity contribution < 1.29 is 0 Å². The lowest BCUT2D eigenvalue weighted by atomic mass is 9.95. The molecule has 0 saturated carbocycles. The first-order valence-electron chi connectivity index (χ1n) is 12.7. The van der Waals surface area contributed by atoms with E-state index in [2.05, 4.69) is 156 Å². The average molecular weight is 472 g/mol. The molecule has 174 valence electrons. The number of rotatable bonds is 4. The molecule has 0 aliphatic heterocycles. The van der Waals surface area contributed by atoms with E-state index in [0.717, 1.165) is 0 Å². The summed E-state index contributed by atoms with van der Waals surface area (Å²) in [6.07, 6.45) is 0. The van der Waals surface area contributed by atoms with E-state index in [4.69, 9.17) is 0 Å². The molecular formula is C36H25N. The van der Waals surface area contributed by atoms with Crippen LogP contribution in [0.4, 0.5) is 0 Å². The molecule has 0 fully saturated rings. The summed E-state index contributed by atoms with van der Waals surface area (Å²) in [6, 6.07) is 54.4. The van der Waals surface area contributed by atoms with Crippen molar-refractivity contribution in [2.45, 2.75) is 0 Å². The van der Waals surface area contributed by atoms with Crippen LogP contribution in [0.3, 0.4) is 0 Å². The summed E-state index contributed by atoms with van der Waals surface area (Å²) in [6.45, 7) is 0. The monoisotopic (exact) mass is 471 g/mol. The fraction of sp³-hybridized carbons (Fsp3) is 0. The number of fused-ring (bicyclic) bond motifs is 3. The molecule has 1 aromatic heterocycles. The highest BCUT2D eigenvalue weighted by molar-refractivity contribution is 6.16. The Bertz CT molecular complexity index is 1830. The quantitative estimate of drug-likeness (QED) is 0.241. The summed E-state index contributed by atoms with van der Waals surface area (Å²) in [5.74, 6) is 0. The van der Waals surface area contributed by atoms with Gasteiger partial charge in [-0.15, -0.1) is 0 Å². The number of hydrogen-bond acceptors (Lipinski definition) is 0. The summed E-state index contributed by atoms with van der Waals surface area (Å²) in [5, 5.41) is 2.52. The highest BCUT2D eigenvalue weighted by atomic mass is 15.0. The number of benzene rings is 6. The van der Waals surface area contributed by atoms with Crippen LogP contribution in [0.2, 0.25) is 0 Å². The maximum Gasteiger partial charge on any atom is 0.0619 e. The standard InChI is InChI=1S/C36H25N/c1-5-13-26(14-6-1)29-21-22-35-33(23-29)34-25-30(27-15-7-2-8-16-27)24-32(28-17-9-3-10-18-28)36(34)37(35)31-19-11-4-12-20-31/h1-25H. The number of hydrogen-bond donors (Lipinski definition) is 0. The molecule has 0 amide bonds. The minimum Gasteiger partial charge on any atom is -0.309 e. The van der Waals surface area contributed by atoms with E-state index in [-0.39, 0.29) is 0 Å². The Kier molecular flexibility index (Phi) is 5.19. The Morgan fingerprint density at radius 2 is 0.865 bits per heavy atom. The lowest BCUT2D eigenvalue weighted by Gasteiger charge is -2.13. The molecule has 0 spiro atoms. The van der Waals surface area contributed by atoms with E-state index in [1.54, 1.807) is 0 Å². The lowest BCUT2D eigenvalue weighted by Crippen LogP contribution is -1.95. The molecule has 1 nitrogen and oxygen atoms in total. The Morgan fingerprint density at radius 3 is 1.49 bits per heavy atom. The topological polar surface area (TPSA) is 4.93 Å². The van der Waals surface area contributed by atoms with Crippen LogP contribution in [0, 0.1) is 0 Å². The van der Waals surface area contributed by atoms with Gasteiger partial charge in [0.1, 0.15) is 0 Å². The van der Waals surface area contributed by atoms with Crippen molar-refractivity contribution in [2.75, 3.05) is 0 Å². The summed E-state index contributed by atoms with van der Waals surface area (Å²) in [7, 11) is 0. The third-order valence-corrected chi connectivity index (χ3v) is 7.17. The highest BCUT2D eigenvalue weighted by Crippen LogP contribution is 2.42. The third kappa shape index (κ3) is 3.73. The molecule has 0 radical (unpaired) electrons. The molecule has 1 heteroatoms. The molecule has 7 rings (SSSR count). The Morgan fingerprint density at radius 1 is 0.351 bits per heavy atom. The molecular weight excluding hydrogens is 446 g/mol. The van der Waals surface area contributed by atoms with Crippen LogP contribution in [0.25, 0.3) is 60.9 Å². The minimum atomic E-state index is 1.17. The first kappa shape index (κ1) is 21.4. The Hall–Kier alpha value is -4.88. The molecule has 0 aliphatic rings. The Labute approximate surface area is 216 Å². The van der Waals surface area contributed by atoms with Crippen molar-refractivity contribution in [1.29, 1.82) is 0 Å². The van der Waals surface area contributed by atoms with Crippen LogP contribution in [0.5, 0.6) is 0 Å². The SMILES string of the molecule is c1ccc(-c2ccc3c(c2)c2cc(-c4ccccc4)cc(-c4ccccc4)c2n3-c2ccccc2)cc1. The van der Waals surface area contributed by atoms with Crippen molar-refractivity contribution in [3.8, 4) is 39.1 Å². The van der Waals surface area contributed by atoms with E-state index in [1.165, 1.54) is 60.9 Å². The third-order valence-electron chi connectivity index (χ3n) is 7.17. The molecule has 0 bridgehead atoms. The molecule has 0 saturated heterocycles. The maximum atomic E-state index is 2.43. The van der Waals surface area contributed by atoms with Crippen molar-refractivity contribution >= 4 is 21.8 Å². The van der Waals surface area contributed by atoms with E-state index in [9.17, 15) is 0 Å². The van der Waals surface area contributed by atoms with Crippen LogP contribution in [-0.4, -0.2) is 4.57 Å². The summed E-state index contributed by atoms with van der Waals surface area (Å²) < 4.78 is 2.43. The van der Waals surface area contributed by atoms with Gasteiger partial charge in [-0.25, -0.2) is 0 Å². The predicted octanol–water partition coefficient (Wildman–Crippen LogP) is 9.78. The molecule has 37 heavy (non-hydrogen) atoms. The molecule has 0 unspecified atom stereocenters. The molecule has 1 heterocycles. The molecule has 0 aliphatic carbocycles. The first-order chi connectivity index (χ1) is 18.4. The van der Waals surface area contributed by atoms with E-state index in [1.807, 2.05) is 0 Å². The summed E-state index contributed by atoms with van der Waals surface area (Å²) >= 11 is 0. The van der Waals surface area contributed by atoms with Crippen molar-refractivity contribution in [1.82, 2.24) is 4.57 Å². The summed E-state index contributed by atoms with van der Waals surface area (Å²) in [5.41, 5.74) is 11.0. The summed E-state index contributed by atoms with van der Waals surface area (Å²) in [4.78, 5) is 0. The van der Waals surface area contributed by atoms with Crippen molar-refractivity contribution in [3.05, 3.63) is 152 Å². The smallest absolute Gasteiger partial charge is 0.0619 e. The van der Waals surface area contributed by atoms with Gasteiger partial charge in [-0.3, -0.25) is 0 Å². The van der Waals surface area contributed by atoms with Crippen LogP contribution in [0.1, 0.15) is 0 Å². The van der Waals surface area contributed by atoms with Gasteiger partial charge < -0.3 is 4.57 Å². The normalized spacial score (nSPS) is 11.2. The van der Waals surface area contributed by atoms with Gasteiger partial charge in [-0.05, 0) is 64.2 Å². The van der Waals surface area contributed by atoms with Gasteiger partial charge >= 0.3 is 0 Å². The molecule has 0 atom stereocenters. The second-order valence-electron chi connectivity index (χ2n) is 9.42. The lowest BCUT2D eigenvalue weighted by molar-refractivity contribution is 1.18. The highest BCUT2D eigenvalue weighted by Gasteiger charge is 2.19. The molecule has 7 aromatic rings. The second kappa shape index (κ2) is 8.96. The zero-order valence-corrected chi connectivity index (χ0v) is 20.4. The van der Waals surface area contributed by atoms with Gasteiger partial charge in [0.05, 0.1) is 11.0 Å². The van der Waals surface area contributed by atoms with E-state index < -0.39 is 0 Å². The van der Waals surface area contributed by atoms with E-state index in [0.29, 0.717) is 0 Å². The first-order valence-corrected chi connectivity index (χ1v) is 12.7. The Balaban J connectivity index is 1.64. The van der Waals surface area contributed by atoms with Gasteiger partial charge in [0.15, 0.2) is 0 Å². The number of para-hydroxylation sites is 1. The largest absolute Gasteiger partial charge is 0.309 e. The van der Waals surface area contributed by atoms with Crippen LogP contribution in [0.15, 0.2) is 152 Å². The van der Waals surface area contributed by atoms with Crippen LogP contribution in [-0.2, 0) is 0 Å². The van der Waals surface area contributed by atoms with Gasteiger partial charge in [0.25, 0.3) is 0 Å². The van der Waals surface area contributed by atoms with Gasteiger partial charge in [0, 0.05) is 22.0 Å². The van der Waals surface area contributed by atoms with Crippen LogP contribution < -0.4 is 0 Å². The second-order valence-corrected chi connectivity index (χ2v) is 9.42. The van der Waals surface area contributed by atoms with Gasteiger partial charge in [-0.2, -0.15) is 0 Å². The average Bonchev–Trinajstić information content (AvgIpc) is 3.32. The fourth-order valence-electron chi connectivity index (χ4n) is 5.44. The van der Waals surface area contributed by atoms with Crippen LogP contribution >= 0.6 is 0 Å². The molecule has 6 aromatic carbocycles. The predicted molar refractivity (Wildman–Crippen MR) is 157 cm³/mol. The zero-order valence-electron chi connectivity index (χ0n) is 20.4. The van der Waals surface area contributed by atoms with Crippen molar-refractivity contribution in [2.24, 2.45) is 0 Å². The van der Waals surface area contributed by atoms with Gasteiger partial charge in [0.2, 0.25) is 0 Å².